The third-order valence-corrected chi connectivity index (χ3v) is 7.13. The van der Waals surface area contributed by atoms with Gasteiger partial charge in [0.15, 0.2) is 0 Å². The van der Waals surface area contributed by atoms with Crippen LogP contribution in [0.25, 0.3) is 16.7 Å². The maximum Gasteiger partial charge on any atom is -1.00 e. The first kappa shape index (κ1) is 20.7. The molecule has 2 aliphatic carbocycles. The third kappa shape index (κ3) is 2.93. The number of rotatable bonds is 1. The summed E-state index contributed by atoms with van der Waals surface area (Å²) < 4.78 is 0.571. The van der Waals surface area contributed by atoms with Gasteiger partial charge in [-0.3, -0.25) is 0 Å². The van der Waals surface area contributed by atoms with Gasteiger partial charge in [0.2, 0.25) is 0 Å². The molecule has 0 bridgehead atoms. The van der Waals surface area contributed by atoms with Crippen molar-refractivity contribution >= 4 is 5.57 Å². The van der Waals surface area contributed by atoms with E-state index in [1.54, 1.807) is 35.8 Å². The second-order valence-electron chi connectivity index (χ2n) is 6.84. The van der Waals surface area contributed by atoms with Gasteiger partial charge in [-0.15, -0.1) is 0 Å². The molecule has 0 spiro atoms. The Balaban J connectivity index is 0.00000113. The Labute approximate surface area is 178 Å². The van der Waals surface area contributed by atoms with Gasteiger partial charge < -0.3 is 24.8 Å². The standard InChI is InChI=1S/C22H21.2ClH.Zr/c1-13-8-7-11-18-12-19-21(17-9-5-6-10-17)15(3)14(2)16(4)22(19)20(13)18;;;/h5-9,11-12H,10H2,1-4H3;2*1H;/q;;;+2/p-2. The van der Waals surface area contributed by atoms with E-state index in [0.29, 0.717) is 3.63 Å². The zero-order valence-electron chi connectivity index (χ0n) is 15.0. The molecular weight excluding hydrogens is 426 g/mol. The Morgan fingerprint density at radius 1 is 0.880 bits per heavy atom. The van der Waals surface area contributed by atoms with Crippen LogP contribution in [0.4, 0.5) is 0 Å². The Hall–Kier alpha value is -0.617. The molecule has 25 heavy (non-hydrogen) atoms. The predicted octanol–water partition coefficient (Wildman–Crippen LogP) is -0.112. The minimum absolute atomic E-state index is 0. The first-order chi connectivity index (χ1) is 11.0. The fourth-order valence-electron chi connectivity index (χ4n) is 4.27. The molecule has 3 heteroatoms. The molecule has 0 saturated carbocycles. The summed E-state index contributed by atoms with van der Waals surface area (Å²) >= 11 is 1.60. The van der Waals surface area contributed by atoms with Gasteiger partial charge in [0.25, 0.3) is 0 Å². The number of aryl methyl sites for hydroxylation is 1. The maximum atomic E-state index is 2.34. The van der Waals surface area contributed by atoms with Crippen LogP contribution >= 0.6 is 0 Å². The molecule has 0 amide bonds. The summed E-state index contributed by atoms with van der Waals surface area (Å²) in [6.45, 7) is 9.19. The van der Waals surface area contributed by atoms with Crippen molar-refractivity contribution in [2.45, 2.75) is 37.7 Å². The molecule has 0 aromatic heterocycles. The van der Waals surface area contributed by atoms with Crippen molar-refractivity contribution in [3.63, 3.8) is 0 Å². The van der Waals surface area contributed by atoms with Gasteiger partial charge in [0.1, 0.15) is 0 Å². The normalized spacial score (nSPS) is 16.7. The van der Waals surface area contributed by atoms with Gasteiger partial charge >= 0.3 is 155 Å². The summed E-state index contributed by atoms with van der Waals surface area (Å²) in [6, 6.07) is 6.83. The molecule has 1 unspecified atom stereocenters. The van der Waals surface area contributed by atoms with Crippen molar-refractivity contribution in [1.29, 1.82) is 0 Å². The van der Waals surface area contributed by atoms with Gasteiger partial charge in [-0.1, -0.05) is 0 Å². The Kier molecular flexibility index (Phi) is 6.25. The van der Waals surface area contributed by atoms with E-state index in [9.17, 15) is 0 Å². The second kappa shape index (κ2) is 7.55. The van der Waals surface area contributed by atoms with Gasteiger partial charge in [-0.05, 0) is 0 Å². The number of fused-ring (bicyclic) bond motifs is 3. The van der Waals surface area contributed by atoms with Crippen LogP contribution in [0.2, 0.25) is 0 Å². The van der Waals surface area contributed by atoms with Gasteiger partial charge in [0, 0.05) is 0 Å². The SMILES string of the molecule is Cc1cccc2c1-c1c(C)c(C)c(C)c(C3=CC=CC3)c1[CH]2[Zr+2].[Cl-].[Cl-]. The summed E-state index contributed by atoms with van der Waals surface area (Å²) in [5.41, 5.74) is 15.1. The molecule has 4 rings (SSSR count). The minimum atomic E-state index is 0. The summed E-state index contributed by atoms with van der Waals surface area (Å²) in [5, 5.41) is 0. The number of hydrogen-bond acceptors (Lipinski definition) is 0. The quantitative estimate of drug-likeness (QED) is 0.573. The molecule has 0 nitrogen and oxygen atoms in total. The first-order valence-electron chi connectivity index (χ1n) is 8.33. The second-order valence-corrected chi connectivity index (χ2v) is 8.25. The van der Waals surface area contributed by atoms with Crippen LogP contribution in [0.15, 0.2) is 36.4 Å². The van der Waals surface area contributed by atoms with Crippen LogP contribution in [0, 0.1) is 27.7 Å². The summed E-state index contributed by atoms with van der Waals surface area (Å²) in [7, 11) is 0. The molecule has 0 radical (unpaired) electrons. The summed E-state index contributed by atoms with van der Waals surface area (Å²) in [4.78, 5) is 0. The van der Waals surface area contributed by atoms with Gasteiger partial charge in [0.05, 0.1) is 0 Å². The van der Waals surface area contributed by atoms with E-state index in [4.69, 9.17) is 0 Å². The molecular formula is C22H21Cl2Zr. The van der Waals surface area contributed by atoms with E-state index in [1.165, 1.54) is 44.5 Å². The van der Waals surface area contributed by atoms with E-state index in [1.807, 2.05) is 0 Å². The fourth-order valence-corrected chi connectivity index (χ4v) is 5.57. The minimum Gasteiger partial charge on any atom is -1.00 e. The molecule has 0 heterocycles. The maximum absolute atomic E-state index is 2.34. The molecule has 2 aliphatic rings. The van der Waals surface area contributed by atoms with Crippen molar-refractivity contribution < 1.29 is 49.5 Å². The molecule has 0 aliphatic heterocycles. The molecule has 127 valence electrons. The molecule has 0 fully saturated rings. The molecule has 2 aromatic rings. The van der Waals surface area contributed by atoms with Crippen molar-refractivity contribution in [3.05, 3.63) is 75.4 Å². The smallest absolute Gasteiger partial charge is 1.00 e. The van der Waals surface area contributed by atoms with Crippen LogP contribution < -0.4 is 24.8 Å². The molecule has 0 saturated heterocycles. The third-order valence-electron chi connectivity index (χ3n) is 5.66. The Bertz CT molecular complexity index is 907. The topological polar surface area (TPSA) is 0 Å². The number of allylic oxidation sites excluding steroid dienone is 4. The van der Waals surface area contributed by atoms with Crippen LogP contribution in [-0.2, 0) is 24.7 Å². The van der Waals surface area contributed by atoms with Crippen LogP contribution in [0.5, 0.6) is 0 Å². The largest absolute Gasteiger partial charge is 1.00 e. The predicted molar refractivity (Wildman–Crippen MR) is 94.4 cm³/mol. The van der Waals surface area contributed by atoms with Crippen molar-refractivity contribution in [1.82, 2.24) is 0 Å². The molecule has 1 atom stereocenters. The van der Waals surface area contributed by atoms with Crippen molar-refractivity contribution in [2.75, 3.05) is 0 Å². The Morgan fingerprint density at radius 3 is 2.20 bits per heavy atom. The van der Waals surface area contributed by atoms with Gasteiger partial charge in [-0.2, -0.15) is 0 Å². The van der Waals surface area contributed by atoms with Crippen LogP contribution in [0.1, 0.15) is 49.0 Å². The summed E-state index contributed by atoms with van der Waals surface area (Å²) in [5.74, 6) is 0. The zero-order valence-corrected chi connectivity index (χ0v) is 19.0. The van der Waals surface area contributed by atoms with Crippen LogP contribution in [0.3, 0.4) is 0 Å². The van der Waals surface area contributed by atoms with Gasteiger partial charge in [-0.25, -0.2) is 0 Å². The molecule has 0 N–H and O–H groups in total. The number of halogens is 2. The van der Waals surface area contributed by atoms with Crippen molar-refractivity contribution in [2.24, 2.45) is 0 Å². The molecule has 2 aromatic carbocycles. The number of hydrogen-bond donors (Lipinski definition) is 0. The van der Waals surface area contributed by atoms with Crippen molar-refractivity contribution in [3.8, 4) is 11.1 Å². The van der Waals surface area contributed by atoms with E-state index in [2.05, 4.69) is 64.1 Å². The van der Waals surface area contributed by atoms with E-state index < -0.39 is 0 Å². The monoisotopic (exact) mass is 445 g/mol. The first-order valence-corrected chi connectivity index (χ1v) is 9.75. The van der Waals surface area contributed by atoms with E-state index in [-0.39, 0.29) is 24.8 Å². The zero-order chi connectivity index (χ0) is 16.3. The Morgan fingerprint density at radius 2 is 1.56 bits per heavy atom. The van der Waals surface area contributed by atoms with Crippen LogP contribution in [-0.4, -0.2) is 0 Å². The fraction of sp³-hybridized carbons (Fsp3) is 0.273. The van der Waals surface area contributed by atoms with E-state index in [0.717, 1.165) is 6.42 Å². The average Bonchev–Trinajstić information content (AvgIpc) is 3.15. The van der Waals surface area contributed by atoms with E-state index >= 15 is 0 Å². The number of benzene rings is 2. The summed E-state index contributed by atoms with van der Waals surface area (Å²) in [6.07, 6.45) is 7.88. The average molecular weight is 448 g/mol.